The second-order valence-corrected chi connectivity index (χ2v) is 5.45. The van der Waals surface area contributed by atoms with E-state index in [2.05, 4.69) is 15.3 Å². The molecule has 0 radical (unpaired) electrons. The molecule has 0 bridgehead atoms. The molecule has 120 valence electrons. The molecule has 4 N–H and O–H groups in total. The molecule has 1 aliphatic carbocycles. The van der Waals surface area contributed by atoms with Gasteiger partial charge in [0.25, 0.3) is 11.5 Å². The van der Waals surface area contributed by atoms with Gasteiger partial charge in [-0.15, -0.1) is 12.4 Å². The van der Waals surface area contributed by atoms with Crippen LogP contribution in [0.25, 0.3) is 11.1 Å². The van der Waals surface area contributed by atoms with Gasteiger partial charge in [0.1, 0.15) is 11.1 Å². The maximum Gasteiger partial charge on any atom is 0.262 e. The fourth-order valence-corrected chi connectivity index (χ4v) is 3.08. The third kappa shape index (κ3) is 2.74. The molecule has 8 heteroatoms. The first-order chi connectivity index (χ1) is 10.1. The first-order valence-electron chi connectivity index (χ1n) is 7.09. The average molecular weight is 327 g/mol. The van der Waals surface area contributed by atoms with Gasteiger partial charge in [-0.25, -0.2) is 4.98 Å². The third-order valence-corrected chi connectivity index (χ3v) is 4.18. The van der Waals surface area contributed by atoms with E-state index in [9.17, 15) is 9.59 Å². The summed E-state index contributed by atoms with van der Waals surface area (Å²) in [4.78, 5) is 30.9. The number of aryl methyl sites for hydroxylation is 1. The lowest BCUT2D eigenvalue weighted by Crippen LogP contribution is -2.40. The van der Waals surface area contributed by atoms with Crippen LogP contribution in [0.3, 0.4) is 0 Å². The van der Waals surface area contributed by atoms with E-state index < -0.39 is 0 Å². The van der Waals surface area contributed by atoms with Gasteiger partial charge >= 0.3 is 0 Å². The third-order valence-electron chi connectivity index (χ3n) is 4.18. The van der Waals surface area contributed by atoms with E-state index in [1.54, 1.807) is 6.92 Å². The van der Waals surface area contributed by atoms with Crippen molar-refractivity contribution in [3.63, 3.8) is 0 Å². The van der Waals surface area contributed by atoms with Crippen LogP contribution in [0, 0.1) is 12.8 Å². The van der Waals surface area contributed by atoms with Gasteiger partial charge in [-0.3, -0.25) is 9.59 Å². The molecule has 0 saturated heterocycles. The van der Waals surface area contributed by atoms with Crippen LogP contribution in [-0.2, 0) is 0 Å². The number of halogens is 1. The SMILES string of the molecule is Cc1oc2nc[nH]c(=O)c2c1C(=O)NC1CCCC1CN.Cl. The Morgan fingerprint density at radius 1 is 1.55 bits per heavy atom. The number of nitrogens with zero attached hydrogens (tertiary/aromatic N) is 1. The monoisotopic (exact) mass is 326 g/mol. The molecule has 0 aliphatic heterocycles. The minimum atomic E-state index is -0.371. The predicted molar refractivity (Wildman–Crippen MR) is 84.3 cm³/mol. The number of H-pyrrole nitrogens is 1. The summed E-state index contributed by atoms with van der Waals surface area (Å²) >= 11 is 0. The van der Waals surface area contributed by atoms with Gasteiger partial charge < -0.3 is 20.5 Å². The van der Waals surface area contributed by atoms with Crippen molar-refractivity contribution in [1.29, 1.82) is 0 Å². The number of rotatable bonds is 3. The maximum absolute atomic E-state index is 12.5. The van der Waals surface area contributed by atoms with Crippen LogP contribution in [0.5, 0.6) is 0 Å². The number of nitrogens with one attached hydrogen (secondary N) is 2. The van der Waals surface area contributed by atoms with Gasteiger partial charge in [0, 0.05) is 6.04 Å². The number of hydrogen-bond acceptors (Lipinski definition) is 5. The highest BCUT2D eigenvalue weighted by molar-refractivity contribution is 6.06. The maximum atomic E-state index is 12.5. The van der Waals surface area contributed by atoms with Crippen molar-refractivity contribution in [2.75, 3.05) is 6.54 Å². The van der Waals surface area contributed by atoms with Gasteiger partial charge in [-0.2, -0.15) is 0 Å². The summed E-state index contributed by atoms with van der Waals surface area (Å²) in [7, 11) is 0. The normalized spacial score (nSPS) is 20.8. The van der Waals surface area contributed by atoms with Crippen LogP contribution in [-0.4, -0.2) is 28.5 Å². The zero-order valence-electron chi connectivity index (χ0n) is 12.2. The van der Waals surface area contributed by atoms with E-state index >= 15 is 0 Å². The molecular formula is C14H19ClN4O3. The van der Waals surface area contributed by atoms with Crippen LogP contribution < -0.4 is 16.6 Å². The van der Waals surface area contributed by atoms with E-state index in [0.29, 0.717) is 18.2 Å². The van der Waals surface area contributed by atoms with Crippen LogP contribution >= 0.6 is 12.4 Å². The molecule has 2 unspecified atom stereocenters. The molecule has 22 heavy (non-hydrogen) atoms. The summed E-state index contributed by atoms with van der Waals surface area (Å²) in [5.41, 5.74) is 5.81. The van der Waals surface area contributed by atoms with Gasteiger partial charge in [-0.1, -0.05) is 6.42 Å². The molecule has 7 nitrogen and oxygen atoms in total. The van der Waals surface area contributed by atoms with E-state index in [4.69, 9.17) is 10.2 Å². The van der Waals surface area contributed by atoms with Crippen molar-refractivity contribution >= 4 is 29.4 Å². The number of hydrogen-bond donors (Lipinski definition) is 3. The van der Waals surface area contributed by atoms with Crippen molar-refractivity contribution in [3.8, 4) is 0 Å². The van der Waals surface area contributed by atoms with E-state index in [0.717, 1.165) is 19.3 Å². The molecule has 1 saturated carbocycles. The molecule has 2 aromatic rings. The topological polar surface area (TPSA) is 114 Å². The molecule has 0 aromatic carbocycles. The van der Waals surface area contributed by atoms with Crippen molar-refractivity contribution in [2.45, 2.75) is 32.2 Å². The van der Waals surface area contributed by atoms with Gasteiger partial charge in [0.2, 0.25) is 5.71 Å². The van der Waals surface area contributed by atoms with Crippen LogP contribution in [0.4, 0.5) is 0 Å². The summed E-state index contributed by atoms with van der Waals surface area (Å²) in [6.07, 6.45) is 4.25. The number of fused-ring (bicyclic) bond motifs is 1. The Morgan fingerprint density at radius 3 is 3.05 bits per heavy atom. The Hall–Kier alpha value is -1.86. The van der Waals surface area contributed by atoms with Gasteiger partial charge in [0.15, 0.2) is 0 Å². The van der Waals surface area contributed by atoms with Crippen molar-refractivity contribution < 1.29 is 9.21 Å². The van der Waals surface area contributed by atoms with Crippen molar-refractivity contribution in [1.82, 2.24) is 15.3 Å². The molecule has 1 aliphatic rings. The number of carbonyl (C=O) groups is 1. The number of amides is 1. The zero-order valence-corrected chi connectivity index (χ0v) is 13.0. The van der Waals surface area contributed by atoms with E-state index in [-0.39, 0.29) is 46.6 Å². The highest BCUT2D eigenvalue weighted by atomic mass is 35.5. The lowest BCUT2D eigenvalue weighted by Gasteiger charge is -2.19. The first-order valence-corrected chi connectivity index (χ1v) is 7.09. The summed E-state index contributed by atoms with van der Waals surface area (Å²) in [5.74, 6) is 0.396. The molecule has 2 aromatic heterocycles. The Kier molecular flexibility index (Phi) is 4.87. The largest absolute Gasteiger partial charge is 0.442 e. The van der Waals surface area contributed by atoms with Crippen molar-refractivity contribution in [3.05, 3.63) is 28.0 Å². The fourth-order valence-electron chi connectivity index (χ4n) is 3.08. The first kappa shape index (κ1) is 16.5. The summed E-state index contributed by atoms with van der Waals surface area (Å²) < 4.78 is 5.40. The van der Waals surface area contributed by atoms with Crippen LogP contribution in [0.2, 0.25) is 0 Å². The quantitative estimate of drug-likeness (QED) is 0.781. The minimum absolute atomic E-state index is 0. The molecular weight excluding hydrogens is 308 g/mol. The highest BCUT2D eigenvalue weighted by Crippen LogP contribution is 2.26. The van der Waals surface area contributed by atoms with Crippen molar-refractivity contribution in [2.24, 2.45) is 11.7 Å². The second kappa shape index (κ2) is 6.50. The summed E-state index contributed by atoms with van der Waals surface area (Å²) in [6.45, 7) is 2.21. The lowest BCUT2D eigenvalue weighted by molar-refractivity contribution is 0.0928. The molecule has 1 amide bonds. The minimum Gasteiger partial charge on any atom is -0.442 e. The van der Waals surface area contributed by atoms with Crippen LogP contribution in [0.1, 0.15) is 35.4 Å². The number of aromatic amines is 1. The fraction of sp³-hybridized carbons (Fsp3) is 0.500. The van der Waals surface area contributed by atoms with E-state index in [1.165, 1.54) is 6.33 Å². The number of furan rings is 1. The Balaban J connectivity index is 0.00000176. The smallest absolute Gasteiger partial charge is 0.262 e. The zero-order chi connectivity index (χ0) is 15.0. The lowest BCUT2D eigenvalue weighted by atomic mass is 10.0. The Labute approximate surface area is 133 Å². The summed E-state index contributed by atoms with van der Waals surface area (Å²) in [6, 6.07) is 0.0580. The average Bonchev–Trinajstić information content (AvgIpc) is 3.02. The number of aromatic nitrogens is 2. The predicted octanol–water partition coefficient (Wildman–Crippen LogP) is 1.10. The molecule has 2 heterocycles. The highest BCUT2D eigenvalue weighted by Gasteiger charge is 2.30. The van der Waals surface area contributed by atoms with Gasteiger partial charge in [0.05, 0.1) is 11.9 Å². The van der Waals surface area contributed by atoms with Crippen LogP contribution in [0.15, 0.2) is 15.5 Å². The Bertz CT molecular complexity index is 739. The standard InChI is InChI=1S/C14H18N4O3.ClH/c1-7-10(11-12(19)16-6-17-14(11)21-7)13(20)18-9-4-2-3-8(9)5-15;/h6,8-9H,2-5,15H2,1H3,(H,18,20)(H,16,17,19);1H. The molecule has 2 atom stereocenters. The summed E-state index contributed by atoms with van der Waals surface area (Å²) in [5, 5.41) is 3.19. The molecule has 3 rings (SSSR count). The number of carbonyl (C=O) groups excluding carboxylic acids is 1. The van der Waals surface area contributed by atoms with Gasteiger partial charge in [-0.05, 0) is 32.2 Å². The molecule has 0 spiro atoms. The number of nitrogens with two attached hydrogens (primary N) is 1. The molecule has 1 fully saturated rings. The van der Waals surface area contributed by atoms with E-state index in [1.807, 2.05) is 0 Å². The Morgan fingerprint density at radius 2 is 2.32 bits per heavy atom. The second-order valence-electron chi connectivity index (χ2n) is 5.45.